The fourth-order valence-electron chi connectivity index (χ4n) is 2.37. The molecule has 1 saturated carbocycles. The van der Waals surface area contributed by atoms with Gasteiger partial charge in [0.05, 0.1) is 12.5 Å². The quantitative estimate of drug-likeness (QED) is 0.665. The van der Waals surface area contributed by atoms with Crippen LogP contribution in [-0.2, 0) is 4.79 Å². The van der Waals surface area contributed by atoms with E-state index in [0.717, 1.165) is 19.3 Å². The SMILES string of the molecule is O=C(O)CC1CCCC2C=NNC21. The third-order valence-electron chi connectivity index (χ3n) is 3.01. The molecule has 0 saturated heterocycles. The van der Waals surface area contributed by atoms with Crippen LogP contribution in [0, 0.1) is 11.8 Å². The summed E-state index contributed by atoms with van der Waals surface area (Å²) in [6.07, 6.45) is 5.50. The van der Waals surface area contributed by atoms with Crippen molar-refractivity contribution in [3.05, 3.63) is 0 Å². The number of hydrazone groups is 1. The van der Waals surface area contributed by atoms with Crippen LogP contribution in [0.3, 0.4) is 0 Å². The average Bonchev–Trinajstić information content (AvgIpc) is 2.51. The second-order valence-corrected chi connectivity index (χ2v) is 3.89. The van der Waals surface area contributed by atoms with E-state index in [-0.39, 0.29) is 18.4 Å². The molecule has 0 amide bonds. The summed E-state index contributed by atoms with van der Waals surface area (Å²) in [4.78, 5) is 10.6. The molecular weight excluding hydrogens is 168 g/mol. The van der Waals surface area contributed by atoms with Crippen molar-refractivity contribution in [1.82, 2.24) is 5.43 Å². The highest BCUT2D eigenvalue weighted by atomic mass is 16.4. The molecule has 72 valence electrons. The highest BCUT2D eigenvalue weighted by molar-refractivity contribution is 5.68. The van der Waals surface area contributed by atoms with Gasteiger partial charge in [0.2, 0.25) is 0 Å². The molecule has 0 radical (unpaired) electrons. The molecule has 2 rings (SSSR count). The molecule has 4 nitrogen and oxygen atoms in total. The fraction of sp³-hybridized carbons (Fsp3) is 0.778. The Hall–Kier alpha value is -1.06. The molecule has 13 heavy (non-hydrogen) atoms. The molecule has 0 aromatic rings. The first-order valence-corrected chi connectivity index (χ1v) is 4.78. The van der Waals surface area contributed by atoms with Gasteiger partial charge in [-0.25, -0.2) is 0 Å². The van der Waals surface area contributed by atoms with Crippen LogP contribution in [0.4, 0.5) is 0 Å². The van der Waals surface area contributed by atoms with Crippen LogP contribution in [0.25, 0.3) is 0 Å². The van der Waals surface area contributed by atoms with Gasteiger partial charge in [-0.2, -0.15) is 5.10 Å². The van der Waals surface area contributed by atoms with E-state index in [9.17, 15) is 4.79 Å². The van der Waals surface area contributed by atoms with E-state index in [1.165, 1.54) is 0 Å². The Morgan fingerprint density at radius 1 is 1.62 bits per heavy atom. The van der Waals surface area contributed by atoms with E-state index < -0.39 is 5.97 Å². The molecule has 0 aromatic heterocycles. The lowest BCUT2D eigenvalue weighted by molar-refractivity contribution is -0.138. The van der Waals surface area contributed by atoms with Crippen molar-refractivity contribution in [3.63, 3.8) is 0 Å². The lowest BCUT2D eigenvalue weighted by Crippen LogP contribution is -2.39. The third kappa shape index (κ3) is 1.66. The molecule has 1 heterocycles. The molecule has 0 spiro atoms. The summed E-state index contributed by atoms with van der Waals surface area (Å²) >= 11 is 0. The standard InChI is InChI=1S/C9H14N2O2/c12-8(13)4-6-2-1-3-7-5-10-11-9(6)7/h5-7,9,11H,1-4H2,(H,12,13). The van der Waals surface area contributed by atoms with Crippen LogP contribution in [0.15, 0.2) is 5.10 Å². The molecule has 3 atom stereocenters. The molecule has 2 aliphatic rings. The first-order valence-electron chi connectivity index (χ1n) is 4.78. The van der Waals surface area contributed by atoms with Gasteiger partial charge >= 0.3 is 5.97 Å². The zero-order chi connectivity index (χ0) is 9.26. The van der Waals surface area contributed by atoms with Gasteiger partial charge < -0.3 is 10.5 Å². The largest absolute Gasteiger partial charge is 0.481 e. The number of hydrogen-bond acceptors (Lipinski definition) is 3. The van der Waals surface area contributed by atoms with Crippen molar-refractivity contribution in [1.29, 1.82) is 0 Å². The first kappa shape index (κ1) is 8.53. The monoisotopic (exact) mass is 182 g/mol. The Kier molecular flexibility index (Phi) is 2.20. The second-order valence-electron chi connectivity index (χ2n) is 3.89. The van der Waals surface area contributed by atoms with E-state index >= 15 is 0 Å². The van der Waals surface area contributed by atoms with E-state index in [4.69, 9.17) is 5.11 Å². The zero-order valence-corrected chi connectivity index (χ0v) is 7.44. The Morgan fingerprint density at radius 3 is 3.23 bits per heavy atom. The molecule has 4 heteroatoms. The fourth-order valence-corrected chi connectivity index (χ4v) is 2.37. The van der Waals surface area contributed by atoms with Crippen LogP contribution in [-0.4, -0.2) is 23.3 Å². The number of aliphatic carboxylic acids is 1. The Balaban J connectivity index is 1.99. The number of fused-ring (bicyclic) bond motifs is 1. The van der Waals surface area contributed by atoms with E-state index in [1.807, 2.05) is 6.21 Å². The van der Waals surface area contributed by atoms with Gasteiger partial charge in [0.1, 0.15) is 0 Å². The lowest BCUT2D eigenvalue weighted by Gasteiger charge is -2.31. The molecule has 1 aliphatic carbocycles. The minimum atomic E-state index is -0.695. The number of carboxylic acids is 1. The number of nitrogens with one attached hydrogen (secondary N) is 1. The summed E-state index contributed by atoms with van der Waals surface area (Å²) in [6.45, 7) is 0. The maximum atomic E-state index is 10.6. The van der Waals surface area contributed by atoms with Crippen molar-refractivity contribution in [2.75, 3.05) is 0 Å². The minimum Gasteiger partial charge on any atom is -0.481 e. The molecule has 3 unspecified atom stereocenters. The van der Waals surface area contributed by atoms with Crippen LogP contribution in [0.2, 0.25) is 0 Å². The van der Waals surface area contributed by atoms with Gasteiger partial charge in [0.15, 0.2) is 0 Å². The molecule has 2 N–H and O–H groups in total. The van der Waals surface area contributed by atoms with E-state index in [2.05, 4.69) is 10.5 Å². The number of carboxylic acid groups (broad SMARTS) is 1. The molecule has 1 aliphatic heterocycles. The maximum absolute atomic E-state index is 10.6. The molecule has 1 fully saturated rings. The Bertz CT molecular complexity index is 240. The van der Waals surface area contributed by atoms with Crippen molar-refractivity contribution in [2.45, 2.75) is 31.7 Å². The highest BCUT2D eigenvalue weighted by Crippen LogP contribution is 2.32. The number of rotatable bonds is 2. The topological polar surface area (TPSA) is 61.7 Å². The van der Waals surface area contributed by atoms with E-state index in [0.29, 0.717) is 5.92 Å². The van der Waals surface area contributed by atoms with Crippen molar-refractivity contribution < 1.29 is 9.90 Å². The summed E-state index contributed by atoms with van der Waals surface area (Å²) in [5.41, 5.74) is 3.02. The summed E-state index contributed by atoms with van der Waals surface area (Å²) in [5.74, 6) is 0.0381. The van der Waals surface area contributed by atoms with E-state index in [1.54, 1.807) is 0 Å². The highest BCUT2D eigenvalue weighted by Gasteiger charge is 2.35. The van der Waals surface area contributed by atoms with Crippen LogP contribution < -0.4 is 5.43 Å². The van der Waals surface area contributed by atoms with Gasteiger partial charge in [-0.1, -0.05) is 6.42 Å². The maximum Gasteiger partial charge on any atom is 0.303 e. The van der Waals surface area contributed by atoms with Gasteiger partial charge in [0.25, 0.3) is 0 Å². The van der Waals surface area contributed by atoms with Gasteiger partial charge in [-0.3, -0.25) is 4.79 Å². The summed E-state index contributed by atoms with van der Waals surface area (Å²) in [7, 11) is 0. The smallest absolute Gasteiger partial charge is 0.303 e. The van der Waals surface area contributed by atoms with Gasteiger partial charge in [-0.05, 0) is 18.8 Å². The lowest BCUT2D eigenvalue weighted by atomic mass is 9.77. The number of hydrogen-bond donors (Lipinski definition) is 2. The van der Waals surface area contributed by atoms with Crippen molar-refractivity contribution in [3.8, 4) is 0 Å². The zero-order valence-electron chi connectivity index (χ0n) is 7.44. The number of nitrogens with zero attached hydrogens (tertiary/aromatic N) is 1. The van der Waals surface area contributed by atoms with Gasteiger partial charge in [0, 0.05) is 12.1 Å². The summed E-state index contributed by atoms with van der Waals surface area (Å²) < 4.78 is 0. The third-order valence-corrected chi connectivity index (χ3v) is 3.01. The average molecular weight is 182 g/mol. The van der Waals surface area contributed by atoms with Crippen molar-refractivity contribution >= 4 is 12.2 Å². The minimum absolute atomic E-state index is 0.263. The predicted octanol–water partition coefficient (Wildman–Crippen LogP) is 0.835. The Labute approximate surface area is 77.0 Å². The van der Waals surface area contributed by atoms with Crippen molar-refractivity contribution in [2.24, 2.45) is 16.9 Å². The van der Waals surface area contributed by atoms with Gasteiger partial charge in [-0.15, -0.1) is 0 Å². The second kappa shape index (κ2) is 3.36. The first-order chi connectivity index (χ1) is 6.27. The van der Waals surface area contributed by atoms with Crippen LogP contribution >= 0.6 is 0 Å². The normalized spacial score (nSPS) is 36.8. The Morgan fingerprint density at radius 2 is 2.46 bits per heavy atom. The predicted molar refractivity (Wildman–Crippen MR) is 48.5 cm³/mol. The number of carbonyl (C=O) groups is 1. The van der Waals surface area contributed by atoms with Crippen LogP contribution in [0.1, 0.15) is 25.7 Å². The van der Waals surface area contributed by atoms with Crippen LogP contribution in [0.5, 0.6) is 0 Å². The summed E-state index contributed by atoms with van der Waals surface area (Å²) in [6, 6.07) is 0.282. The molecule has 0 bridgehead atoms. The summed E-state index contributed by atoms with van der Waals surface area (Å²) in [5, 5.41) is 12.7. The molecule has 0 aromatic carbocycles. The molecular formula is C9H14N2O2.